The molecule has 0 saturated heterocycles. The smallest absolute Gasteiger partial charge is 0.139 e. The summed E-state index contributed by atoms with van der Waals surface area (Å²) in [6.07, 6.45) is 0. The average molecular weight is 522 g/mol. The number of hydrogen-bond donors (Lipinski definition) is 1. The van der Waals surface area contributed by atoms with Gasteiger partial charge in [-0.05, 0) is 48.5 Å². The van der Waals surface area contributed by atoms with Crippen LogP contribution in [0.15, 0.2) is 78.9 Å². The second kappa shape index (κ2) is 6.64. The average Bonchev–Trinajstić information content (AvgIpc) is 2.78. The molecule has 0 unspecified atom stereocenters. The molecule has 3 aliphatic rings. The van der Waals surface area contributed by atoms with Crippen LogP contribution in [-0.4, -0.2) is 5.11 Å². The summed E-state index contributed by atoms with van der Waals surface area (Å²) < 4.78 is 71.8. The summed E-state index contributed by atoms with van der Waals surface area (Å²) in [7, 11) is -10.7. The fraction of sp³-hybridized carbons (Fsp3) is 0.0400. The van der Waals surface area contributed by atoms with Crippen molar-refractivity contribution in [1.29, 1.82) is 0 Å². The molecule has 0 saturated carbocycles. The third-order valence-corrected chi connectivity index (χ3v) is 6.02. The van der Waals surface area contributed by atoms with Crippen molar-refractivity contribution in [1.82, 2.24) is 0 Å². The van der Waals surface area contributed by atoms with Crippen LogP contribution in [0.5, 0.6) is 28.7 Å². The van der Waals surface area contributed by atoms with Gasteiger partial charge in [0.15, 0.2) is 0 Å². The van der Waals surface area contributed by atoms with Crippen molar-refractivity contribution in [3.63, 3.8) is 0 Å². The van der Waals surface area contributed by atoms with Crippen LogP contribution in [0.4, 0.5) is 42.2 Å². The molecule has 0 bridgehead atoms. The zero-order valence-corrected chi connectivity index (χ0v) is 18.9. The van der Waals surface area contributed by atoms with Gasteiger partial charge >= 0.3 is 33.0 Å². The van der Waals surface area contributed by atoms with E-state index in [9.17, 15) is 30.3 Å². The Bertz CT molecular complexity index is 1490. The molecule has 0 spiro atoms. The first-order chi connectivity index (χ1) is 16.8. The third kappa shape index (κ3) is 3.87. The molecule has 0 aromatic heterocycles. The Balaban J connectivity index is 0.000000305. The number of anilines is 3. The molecule has 3 aliphatic heterocycles. The van der Waals surface area contributed by atoms with Crippen LogP contribution < -0.4 is 14.4 Å². The molecule has 36 heavy (non-hydrogen) atoms. The summed E-state index contributed by atoms with van der Waals surface area (Å²) >= 11 is 0. The van der Waals surface area contributed by atoms with E-state index in [1.165, 1.54) is 0 Å². The molecule has 0 amide bonds. The van der Waals surface area contributed by atoms with Gasteiger partial charge in [-0.3, -0.25) is 0 Å². The molecular formula is C25H15F6NO3P-. The predicted octanol–water partition coefficient (Wildman–Crippen LogP) is 9.95. The molecule has 4 aromatic carbocycles. The minimum Gasteiger partial charge on any atom is -0.506 e. The summed E-state index contributed by atoms with van der Waals surface area (Å²) in [5.41, 5.74) is 6.06. The molecule has 4 aromatic rings. The normalized spacial score (nSPS) is 16.3. The molecule has 0 aliphatic carbocycles. The van der Waals surface area contributed by atoms with Crippen molar-refractivity contribution in [3.8, 4) is 28.7 Å². The fourth-order valence-electron chi connectivity index (χ4n) is 4.91. The van der Waals surface area contributed by atoms with Crippen LogP contribution in [-0.2, 0) is 0 Å². The second-order valence-electron chi connectivity index (χ2n) is 8.47. The summed E-state index contributed by atoms with van der Waals surface area (Å²) in [4.78, 5) is 2.11. The monoisotopic (exact) mass is 522 g/mol. The first kappa shape index (κ1) is 22.5. The largest absolute Gasteiger partial charge is 0.506 e. The third-order valence-electron chi connectivity index (χ3n) is 6.02. The van der Waals surface area contributed by atoms with Crippen molar-refractivity contribution in [2.75, 3.05) is 4.90 Å². The number of phenols is 1. The minimum absolute atomic E-state index is 0.0446. The predicted molar refractivity (Wildman–Crippen MR) is 124 cm³/mol. The number of halogens is 6. The SMILES string of the molecule is F[P-](F)(F)(F)(F)F.Oc1ccccc1N1c2cccc3c2C2c4c(cccc4Oc4cccc1c42)O3. The molecule has 0 fully saturated rings. The van der Waals surface area contributed by atoms with Gasteiger partial charge in [0, 0.05) is 16.7 Å². The Morgan fingerprint density at radius 1 is 0.556 bits per heavy atom. The number of benzene rings is 4. The van der Waals surface area contributed by atoms with Crippen molar-refractivity contribution in [2.45, 2.75) is 5.92 Å². The fourth-order valence-corrected chi connectivity index (χ4v) is 4.91. The van der Waals surface area contributed by atoms with Crippen molar-refractivity contribution in [3.05, 3.63) is 95.6 Å². The van der Waals surface area contributed by atoms with E-state index in [1.807, 2.05) is 60.7 Å². The van der Waals surface area contributed by atoms with Crippen LogP contribution in [0, 0.1) is 0 Å². The quantitative estimate of drug-likeness (QED) is 0.172. The van der Waals surface area contributed by atoms with Gasteiger partial charge in [-0.1, -0.05) is 30.3 Å². The number of rotatable bonds is 1. The van der Waals surface area contributed by atoms with Crippen molar-refractivity contribution >= 4 is 24.9 Å². The first-order valence-electron chi connectivity index (χ1n) is 10.7. The number of hydrogen-bond acceptors (Lipinski definition) is 4. The maximum absolute atomic E-state index is 10.7. The van der Waals surface area contributed by atoms with Crippen LogP contribution >= 0.6 is 7.81 Å². The van der Waals surface area contributed by atoms with Gasteiger partial charge in [0.2, 0.25) is 0 Å². The standard InChI is InChI=1S/C25H15NO3.F6P/c27-17-9-2-1-6-14(17)26-15-7-3-10-18-22(15)25-23-16(26)8-4-11-19(23)29-21-13-5-12-20(28-18)24(21)25;1-7(2,3,4,5)6/h1-13,25,27H;/q;-1. The Morgan fingerprint density at radius 2 is 0.944 bits per heavy atom. The number of aromatic hydroxyl groups is 1. The first-order valence-corrected chi connectivity index (χ1v) is 12.7. The maximum atomic E-state index is 10.7. The van der Waals surface area contributed by atoms with Gasteiger partial charge in [-0.25, -0.2) is 0 Å². The Labute approximate surface area is 200 Å². The molecule has 0 atom stereocenters. The minimum atomic E-state index is -10.7. The molecular weight excluding hydrogens is 507 g/mol. The van der Waals surface area contributed by atoms with E-state index in [4.69, 9.17) is 9.47 Å². The molecule has 186 valence electrons. The van der Waals surface area contributed by atoms with E-state index in [-0.39, 0.29) is 11.7 Å². The van der Waals surface area contributed by atoms with Crippen LogP contribution in [0.1, 0.15) is 22.6 Å². The van der Waals surface area contributed by atoms with E-state index in [2.05, 4.69) is 17.0 Å². The molecule has 1 N–H and O–H groups in total. The Morgan fingerprint density at radius 3 is 1.42 bits per heavy atom. The van der Waals surface area contributed by atoms with E-state index in [1.54, 1.807) is 6.07 Å². The summed E-state index contributed by atoms with van der Waals surface area (Å²) in [5.74, 6) is 3.65. The molecule has 3 heterocycles. The van der Waals surface area contributed by atoms with Crippen molar-refractivity contribution in [2.24, 2.45) is 0 Å². The van der Waals surface area contributed by atoms with E-state index in [0.29, 0.717) is 0 Å². The summed E-state index contributed by atoms with van der Waals surface area (Å²) in [6, 6.07) is 25.6. The summed E-state index contributed by atoms with van der Waals surface area (Å²) in [5, 5.41) is 10.7. The topological polar surface area (TPSA) is 41.9 Å². The van der Waals surface area contributed by atoms with Gasteiger partial charge in [0.1, 0.15) is 28.7 Å². The maximum Gasteiger partial charge on any atom is 0.139 e. The Kier molecular flexibility index (Phi) is 4.16. The number of ether oxygens (including phenoxy) is 2. The molecule has 7 rings (SSSR count). The molecule has 4 nitrogen and oxygen atoms in total. The zero-order chi connectivity index (χ0) is 25.5. The van der Waals surface area contributed by atoms with Gasteiger partial charge in [0.25, 0.3) is 0 Å². The summed E-state index contributed by atoms with van der Waals surface area (Å²) in [6.45, 7) is 0. The molecule has 11 heteroatoms. The second-order valence-corrected chi connectivity index (χ2v) is 10.4. The zero-order valence-electron chi connectivity index (χ0n) is 18.0. The molecule has 0 radical (unpaired) electrons. The number of nitrogens with zero attached hydrogens (tertiary/aromatic N) is 1. The number of para-hydroxylation sites is 2. The van der Waals surface area contributed by atoms with Crippen LogP contribution in [0.3, 0.4) is 0 Å². The van der Waals surface area contributed by atoms with E-state index < -0.39 is 7.81 Å². The van der Waals surface area contributed by atoms with E-state index >= 15 is 0 Å². The van der Waals surface area contributed by atoms with E-state index in [0.717, 1.165) is 56.8 Å². The van der Waals surface area contributed by atoms with Gasteiger partial charge < -0.3 is 19.5 Å². The van der Waals surface area contributed by atoms with Gasteiger partial charge in [0.05, 0.1) is 23.0 Å². The van der Waals surface area contributed by atoms with Crippen molar-refractivity contribution < 1.29 is 39.8 Å². The van der Waals surface area contributed by atoms with Gasteiger partial charge in [-0.2, -0.15) is 0 Å². The Hall–Kier alpha value is -3.91. The van der Waals surface area contributed by atoms with Gasteiger partial charge in [-0.15, -0.1) is 0 Å². The number of phenolic OH excluding ortho intramolecular Hbond substituents is 1. The van der Waals surface area contributed by atoms with Crippen LogP contribution in [0.25, 0.3) is 0 Å². The van der Waals surface area contributed by atoms with Crippen LogP contribution in [0.2, 0.25) is 0 Å².